The van der Waals surface area contributed by atoms with Gasteiger partial charge >= 0.3 is 21.5 Å². The first kappa shape index (κ1) is 12.7. The summed E-state index contributed by atoms with van der Waals surface area (Å²) in [5.41, 5.74) is -5.74. The molecule has 0 bridgehead atoms. The lowest BCUT2D eigenvalue weighted by Crippen LogP contribution is -2.24. The second-order valence-corrected chi connectivity index (χ2v) is 4.28. The second kappa shape index (κ2) is 3.33. The molecule has 0 saturated carbocycles. The van der Waals surface area contributed by atoms with E-state index in [4.69, 9.17) is 0 Å². The third kappa shape index (κ3) is 2.10. The molecular formula is C4HF6N3O2S. The fourth-order valence-corrected chi connectivity index (χ4v) is 1.20. The van der Waals surface area contributed by atoms with Crippen molar-refractivity contribution in [3.05, 3.63) is 5.82 Å². The first-order valence-electron chi connectivity index (χ1n) is 3.27. The molecule has 0 amide bonds. The van der Waals surface area contributed by atoms with Crippen LogP contribution in [-0.4, -0.2) is 29.1 Å². The number of rotatable bonds is 1. The van der Waals surface area contributed by atoms with Crippen molar-refractivity contribution < 1.29 is 34.8 Å². The largest absolute Gasteiger partial charge is 0.505 e. The average molecular weight is 269 g/mol. The van der Waals surface area contributed by atoms with Crippen LogP contribution in [0.25, 0.3) is 0 Å². The van der Waals surface area contributed by atoms with Gasteiger partial charge in [0.15, 0.2) is 0 Å². The normalized spacial score (nSPS) is 14.1. The molecule has 0 aliphatic rings. The van der Waals surface area contributed by atoms with Crippen molar-refractivity contribution in [3.8, 4) is 0 Å². The number of sulfone groups is 1. The molecule has 0 fully saturated rings. The van der Waals surface area contributed by atoms with Crippen LogP contribution in [0.3, 0.4) is 0 Å². The molecule has 1 aromatic rings. The van der Waals surface area contributed by atoms with Gasteiger partial charge in [0.2, 0.25) is 5.82 Å². The summed E-state index contributed by atoms with van der Waals surface area (Å²) in [6.45, 7) is 0. The Balaban J connectivity index is 3.24. The van der Waals surface area contributed by atoms with Gasteiger partial charge in [-0.05, 0) is 0 Å². The topological polar surface area (TPSA) is 75.7 Å². The summed E-state index contributed by atoms with van der Waals surface area (Å²) in [5.74, 6) is -1.92. The summed E-state index contributed by atoms with van der Waals surface area (Å²) in [7, 11) is -5.95. The van der Waals surface area contributed by atoms with Crippen molar-refractivity contribution in [2.45, 2.75) is 16.8 Å². The number of aromatic amines is 1. The van der Waals surface area contributed by atoms with Crippen LogP contribution in [-0.2, 0) is 16.0 Å². The molecule has 0 unspecified atom stereocenters. The van der Waals surface area contributed by atoms with E-state index in [1.54, 1.807) is 0 Å². The van der Waals surface area contributed by atoms with E-state index >= 15 is 0 Å². The molecule has 1 aromatic heterocycles. The number of nitrogens with one attached hydrogen (secondary N) is 1. The van der Waals surface area contributed by atoms with Crippen LogP contribution in [0.15, 0.2) is 5.16 Å². The van der Waals surface area contributed by atoms with E-state index < -0.39 is 32.5 Å². The minimum atomic E-state index is -5.95. The molecule has 0 aliphatic carbocycles. The van der Waals surface area contributed by atoms with E-state index in [0.717, 1.165) is 4.98 Å². The minimum absolute atomic E-state index is 0.945. The summed E-state index contributed by atoms with van der Waals surface area (Å²) in [6.07, 6.45) is -5.10. The zero-order chi connectivity index (χ0) is 12.8. The van der Waals surface area contributed by atoms with Gasteiger partial charge in [-0.25, -0.2) is 8.42 Å². The van der Waals surface area contributed by atoms with Gasteiger partial charge in [0.1, 0.15) is 0 Å². The maximum Gasteiger partial charge on any atom is 0.505 e. The molecule has 0 saturated heterocycles. The first-order chi connectivity index (χ1) is 6.96. The molecule has 1 heterocycles. The van der Waals surface area contributed by atoms with Crippen molar-refractivity contribution in [3.63, 3.8) is 0 Å². The van der Waals surface area contributed by atoms with Crippen molar-refractivity contribution in [2.75, 3.05) is 0 Å². The Bertz CT molecular complexity index is 485. The van der Waals surface area contributed by atoms with E-state index in [-0.39, 0.29) is 0 Å². The van der Waals surface area contributed by atoms with Crippen molar-refractivity contribution >= 4 is 9.84 Å². The molecule has 5 nitrogen and oxygen atoms in total. The summed E-state index contributed by atoms with van der Waals surface area (Å²) < 4.78 is 92.4. The van der Waals surface area contributed by atoms with Crippen LogP contribution in [0.4, 0.5) is 26.3 Å². The summed E-state index contributed by atoms with van der Waals surface area (Å²) in [6, 6.07) is 0. The van der Waals surface area contributed by atoms with Crippen LogP contribution in [0.5, 0.6) is 0 Å². The van der Waals surface area contributed by atoms with Crippen molar-refractivity contribution in [2.24, 2.45) is 0 Å². The van der Waals surface area contributed by atoms with Crippen LogP contribution in [0.2, 0.25) is 0 Å². The second-order valence-electron chi connectivity index (χ2n) is 2.43. The zero-order valence-corrected chi connectivity index (χ0v) is 7.70. The molecule has 12 heteroatoms. The predicted octanol–water partition coefficient (Wildman–Crippen LogP) is 1.12. The Kier molecular flexibility index (Phi) is 2.65. The van der Waals surface area contributed by atoms with Crippen molar-refractivity contribution in [1.29, 1.82) is 0 Å². The third-order valence-electron chi connectivity index (χ3n) is 1.29. The highest BCUT2D eigenvalue weighted by Gasteiger charge is 2.50. The molecule has 16 heavy (non-hydrogen) atoms. The lowest BCUT2D eigenvalue weighted by Gasteiger charge is -2.03. The molecule has 0 radical (unpaired) electrons. The van der Waals surface area contributed by atoms with Gasteiger partial charge in [0, 0.05) is 0 Å². The molecule has 0 spiro atoms. The van der Waals surface area contributed by atoms with Crippen LogP contribution >= 0.6 is 0 Å². The Morgan fingerprint density at radius 2 is 1.50 bits per heavy atom. The van der Waals surface area contributed by atoms with Gasteiger partial charge in [-0.2, -0.15) is 26.3 Å². The van der Waals surface area contributed by atoms with Gasteiger partial charge in [0.05, 0.1) is 0 Å². The SMILES string of the molecule is O=S(=O)(c1nnc(C(F)(F)F)[nH]1)C(F)(F)F. The number of hydrogen-bond donors (Lipinski definition) is 1. The van der Waals surface area contributed by atoms with Crippen LogP contribution in [0.1, 0.15) is 5.82 Å². The monoisotopic (exact) mass is 269 g/mol. The molecule has 0 aliphatic heterocycles. The average Bonchev–Trinajstić information content (AvgIpc) is 2.47. The van der Waals surface area contributed by atoms with Gasteiger partial charge in [-0.15, -0.1) is 10.2 Å². The molecular weight excluding hydrogens is 268 g/mol. The molecule has 1 N–H and O–H groups in total. The molecule has 92 valence electrons. The Morgan fingerprint density at radius 3 is 1.81 bits per heavy atom. The lowest BCUT2D eigenvalue weighted by molar-refractivity contribution is -0.144. The van der Waals surface area contributed by atoms with Gasteiger partial charge < -0.3 is 4.98 Å². The van der Waals surface area contributed by atoms with Crippen molar-refractivity contribution in [1.82, 2.24) is 15.2 Å². The summed E-state index contributed by atoms with van der Waals surface area (Å²) in [5, 5.41) is 2.65. The quantitative estimate of drug-likeness (QED) is 0.775. The smallest absolute Gasteiger partial charge is 0.308 e. The maximum absolute atomic E-state index is 11.9. The lowest BCUT2D eigenvalue weighted by atomic mass is 10.6. The third-order valence-corrected chi connectivity index (χ3v) is 2.60. The number of aromatic nitrogens is 3. The highest BCUT2D eigenvalue weighted by molar-refractivity contribution is 7.92. The van der Waals surface area contributed by atoms with E-state index in [1.807, 2.05) is 0 Å². The van der Waals surface area contributed by atoms with Crippen LogP contribution < -0.4 is 0 Å². The Morgan fingerprint density at radius 1 is 1.00 bits per heavy atom. The van der Waals surface area contributed by atoms with Gasteiger partial charge in [-0.1, -0.05) is 0 Å². The van der Waals surface area contributed by atoms with Crippen LogP contribution in [0, 0.1) is 0 Å². The number of alkyl halides is 6. The maximum atomic E-state index is 11.9. The predicted molar refractivity (Wildman–Crippen MR) is 34.6 cm³/mol. The van der Waals surface area contributed by atoms with Gasteiger partial charge in [-0.3, -0.25) is 0 Å². The summed E-state index contributed by atoms with van der Waals surface area (Å²) in [4.78, 5) is 0.945. The van der Waals surface area contributed by atoms with Gasteiger partial charge in [0.25, 0.3) is 5.16 Å². The number of halogens is 6. The summed E-state index contributed by atoms with van der Waals surface area (Å²) >= 11 is 0. The number of nitrogens with zero attached hydrogens (tertiary/aromatic N) is 2. The van der Waals surface area contributed by atoms with E-state index in [0.29, 0.717) is 0 Å². The fraction of sp³-hybridized carbons (Fsp3) is 0.500. The highest BCUT2D eigenvalue weighted by Crippen LogP contribution is 2.31. The number of hydrogen-bond acceptors (Lipinski definition) is 4. The fourth-order valence-electron chi connectivity index (χ4n) is 0.605. The van der Waals surface area contributed by atoms with E-state index in [9.17, 15) is 34.8 Å². The molecule has 0 aromatic carbocycles. The highest BCUT2D eigenvalue weighted by atomic mass is 32.2. The molecule has 1 rings (SSSR count). The Hall–Kier alpha value is -1.33. The van der Waals surface area contributed by atoms with E-state index in [1.165, 1.54) is 0 Å². The van der Waals surface area contributed by atoms with E-state index in [2.05, 4.69) is 10.2 Å². The zero-order valence-electron chi connectivity index (χ0n) is 6.89. The minimum Gasteiger partial charge on any atom is -0.308 e. The number of H-pyrrole nitrogens is 1. The standard InChI is InChI=1S/C4HF6N3O2S/c5-3(6,7)1-11-2(13-12-1)16(14,15)4(8,9)10/h(H,11,12,13). The Labute approximate surface area is 83.4 Å². The molecule has 0 atom stereocenters. The first-order valence-corrected chi connectivity index (χ1v) is 4.76.